The number of aromatic nitrogens is 1. The van der Waals surface area contributed by atoms with Gasteiger partial charge >= 0.3 is 0 Å². The summed E-state index contributed by atoms with van der Waals surface area (Å²) in [5, 5.41) is 21.2. The van der Waals surface area contributed by atoms with Crippen LogP contribution >= 0.6 is 11.6 Å². The summed E-state index contributed by atoms with van der Waals surface area (Å²) in [6, 6.07) is 6.79. The van der Waals surface area contributed by atoms with Gasteiger partial charge in [0.05, 0.1) is 18.7 Å². The van der Waals surface area contributed by atoms with E-state index in [2.05, 4.69) is 0 Å². The Morgan fingerprint density at radius 2 is 2.07 bits per heavy atom. The average molecular weight is 401 g/mol. The predicted octanol–water partition coefficient (Wildman–Crippen LogP) is 3.32. The van der Waals surface area contributed by atoms with Crippen molar-refractivity contribution in [2.24, 2.45) is 0 Å². The molecule has 0 radical (unpaired) electrons. The minimum absolute atomic E-state index is 0.00880. The molecule has 0 fully saturated rings. The molecule has 0 saturated carbocycles. The van der Waals surface area contributed by atoms with E-state index >= 15 is 0 Å². The van der Waals surface area contributed by atoms with Crippen LogP contribution in [0.3, 0.4) is 0 Å². The van der Waals surface area contributed by atoms with Crippen molar-refractivity contribution in [2.45, 2.75) is 20.4 Å². The van der Waals surface area contributed by atoms with Crippen LogP contribution in [0.4, 0.5) is 0 Å². The van der Waals surface area contributed by atoms with Crippen molar-refractivity contribution in [1.29, 1.82) is 5.26 Å². The van der Waals surface area contributed by atoms with E-state index in [1.165, 1.54) is 14.0 Å². The summed E-state index contributed by atoms with van der Waals surface area (Å²) in [7, 11) is 1.44. The zero-order valence-electron chi connectivity index (χ0n) is 15.5. The van der Waals surface area contributed by atoms with Gasteiger partial charge in [0.15, 0.2) is 5.76 Å². The molecule has 0 aliphatic rings. The molecule has 0 bridgehead atoms. The molecule has 3 rings (SSSR count). The number of hydrogen-bond donors (Lipinski definition) is 1. The molecule has 3 aromatic rings. The van der Waals surface area contributed by atoms with Crippen LogP contribution in [-0.2, 0) is 11.3 Å². The van der Waals surface area contributed by atoms with Gasteiger partial charge in [-0.15, -0.1) is 0 Å². The smallest absolute Gasteiger partial charge is 0.271 e. The molecule has 0 unspecified atom stereocenters. The first kappa shape index (κ1) is 19.7. The number of pyridine rings is 1. The highest BCUT2D eigenvalue weighted by atomic mass is 35.5. The maximum atomic E-state index is 13.2. The molecule has 0 saturated heterocycles. The number of rotatable bonds is 5. The Morgan fingerprint density at radius 1 is 1.36 bits per heavy atom. The lowest BCUT2D eigenvalue weighted by Gasteiger charge is -2.14. The second-order valence-corrected chi connectivity index (χ2v) is 6.72. The molecule has 144 valence electrons. The molecule has 0 amide bonds. The van der Waals surface area contributed by atoms with E-state index in [1.54, 1.807) is 25.1 Å². The van der Waals surface area contributed by atoms with E-state index in [0.29, 0.717) is 21.6 Å². The molecule has 7 nitrogen and oxygen atoms in total. The van der Waals surface area contributed by atoms with Gasteiger partial charge in [0.25, 0.3) is 5.56 Å². The molecule has 0 atom stereocenters. The van der Waals surface area contributed by atoms with Crippen LogP contribution in [0.1, 0.15) is 32.8 Å². The Labute approximate surface area is 165 Å². The van der Waals surface area contributed by atoms with E-state index in [4.69, 9.17) is 20.8 Å². The van der Waals surface area contributed by atoms with Gasteiger partial charge in [-0.2, -0.15) is 5.26 Å². The number of carbonyl (C=O) groups is 1. The lowest BCUT2D eigenvalue weighted by Crippen LogP contribution is -2.28. The van der Waals surface area contributed by atoms with Crippen LogP contribution in [0.2, 0.25) is 5.02 Å². The molecule has 0 aliphatic heterocycles. The number of methoxy groups -OCH3 is 1. The van der Waals surface area contributed by atoms with E-state index in [9.17, 15) is 20.0 Å². The normalized spacial score (nSPS) is 11.0. The van der Waals surface area contributed by atoms with Crippen LogP contribution in [0.5, 0.6) is 5.88 Å². The van der Waals surface area contributed by atoms with Crippen molar-refractivity contribution in [3.63, 3.8) is 0 Å². The lowest BCUT2D eigenvalue weighted by molar-refractivity contribution is 0.100. The number of furan rings is 1. The standard InChI is InChI=1S/C20H17ClN2O5/c1-10-14(9-22)19(25)23(6-7-27-3)20(26)16(10)17(24)18-11(2)13-8-12(21)4-5-15(13)28-18/h4-5,8,26H,6-7H2,1-3H3. The van der Waals surface area contributed by atoms with E-state index in [0.717, 1.165) is 4.57 Å². The molecular formula is C20H17ClN2O5. The first-order chi connectivity index (χ1) is 13.3. The topological polar surface area (TPSA) is 105 Å². The number of hydrogen-bond acceptors (Lipinski definition) is 6. The summed E-state index contributed by atoms with van der Waals surface area (Å²) in [5.74, 6) is -1.14. The Bertz CT molecular complexity index is 1200. The minimum atomic E-state index is -0.681. The summed E-state index contributed by atoms with van der Waals surface area (Å²) in [5.41, 5.74) is 0.0698. The third-order valence-corrected chi connectivity index (χ3v) is 4.89. The van der Waals surface area contributed by atoms with Crippen molar-refractivity contribution in [3.8, 4) is 11.9 Å². The van der Waals surface area contributed by atoms with Gasteiger partial charge in [0, 0.05) is 23.1 Å². The van der Waals surface area contributed by atoms with Gasteiger partial charge in [-0.1, -0.05) is 11.6 Å². The van der Waals surface area contributed by atoms with E-state index in [-0.39, 0.29) is 35.6 Å². The highest BCUT2D eigenvalue weighted by molar-refractivity contribution is 6.31. The molecule has 0 spiro atoms. The quantitative estimate of drug-likeness (QED) is 0.658. The maximum absolute atomic E-state index is 13.2. The summed E-state index contributed by atoms with van der Waals surface area (Å²) in [4.78, 5) is 25.7. The fourth-order valence-electron chi connectivity index (χ4n) is 3.14. The number of ketones is 1. The SMILES string of the molecule is COCCn1c(O)c(C(=O)c2oc3ccc(Cl)cc3c2C)c(C)c(C#N)c1=O. The van der Waals surface area contributed by atoms with Crippen molar-refractivity contribution in [3.05, 3.63) is 61.6 Å². The third-order valence-electron chi connectivity index (χ3n) is 4.65. The molecule has 2 heterocycles. The van der Waals surface area contributed by atoms with Gasteiger partial charge in [0.2, 0.25) is 11.7 Å². The van der Waals surface area contributed by atoms with Gasteiger partial charge in [-0.3, -0.25) is 14.2 Å². The van der Waals surface area contributed by atoms with Crippen molar-refractivity contribution in [2.75, 3.05) is 13.7 Å². The minimum Gasteiger partial charge on any atom is -0.494 e. The molecule has 8 heteroatoms. The second kappa shape index (κ2) is 7.50. The number of ether oxygens (including phenoxy) is 1. The largest absolute Gasteiger partial charge is 0.494 e. The maximum Gasteiger partial charge on any atom is 0.271 e. The molecule has 28 heavy (non-hydrogen) atoms. The van der Waals surface area contributed by atoms with Gasteiger partial charge in [-0.05, 0) is 37.6 Å². The first-order valence-corrected chi connectivity index (χ1v) is 8.78. The fourth-order valence-corrected chi connectivity index (χ4v) is 3.31. The number of benzene rings is 1. The zero-order valence-corrected chi connectivity index (χ0v) is 16.3. The van der Waals surface area contributed by atoms with Crippen molar-refractivity contribution in [1.82, 2.24) is 4.57 Å². The van der Waals surface area contributed by atoms with Crippen LogP contribution < -0.4 is 5.56 Å². The van der Waals surface area contributed by atoms with Crippen LogP contribution in [0, 0.1) is 25.2 Å². The fraction of sp³-hybridized carbons (Fsp3) is 0.250. The monoisotopic (exact) mass is 400 g/mol. The van der Waals surface area contributed by atoms with Crippen LogP contribution in [-0.4, -0.2) is 29.2 Å². The molecular weight excluding hydrogens is 384 g/mol. The Balaban J connectivity index is 2.26. The zero-order chi connectivity index (χ0) is 20.6. The number of halogens is 1. The summed E-state index contributed by atoms with van der Waals surface area (Å²) in [6.45, 7) is 3.26. The molecule has 2 aromatic heterocycles. The number of nitrogens with zero attached hydrogens (tertiary/aromatic N) is 2. The summed E-state index contributed by atoms with van der Waals surface area (Å²) >= 11 is 6.02. The van der Waals surface area contributed by atoms with E-state index in [1.807, 2.05) is 6.07 Å². The van der Waals surface area contributed by atoms with Gasteiger partial charge in [0.1, 0.15) is 17.2 Å². The third kappa shape index (κ3) is 3.07. The Kier molecular flexibility index (Phi) is 5.27. The first-order valence-electron chi connectivity index (χ1n) is 8.40. The van der Waals surface area contributed by atoms with Gasteiger partial charge < -0.3 is 14.3 Å². The van der Waals surface area contributed by atoms with Crippen LogP contribution in [0.25, 0.3) is 11.0 Å². The molecule has 1 aromatic carbocycles. The number of aromatic hydroxyl groups is 1. The Hall–Kier alpha value is -3.08. The van der Waals surface area contributed by atoms with Gasteiger partial charge in [-0.25, -0.2) is 0 Å². The summed E-state index contributed by atoms with van der Waals surface area (Å²) in [6.07, 6.45) is 0. The predicted molar refractivity (Wildman–Crippen MR) is 103 cm³/mol. The highest BCUT2D eigenvalue weighted by Gasteiger charge is 2.28. The number of carbonyl (C=O) groups excluding carboxylic acids is 1. The number of nitriles is 1. The highest BCUT2D eigenvalue weighted by Crippen LogP contribution is 2.32. The average Bonchev–Trinajstić information content (AvgIpc) is 2.98. The Morgan fingerprint density at radius 3 is 2.71 bits per heavy atom. The molecule has 1 N–H and O–H groups in total. The lowest BCUT2D eigenvalue weighted by atomic mass is 9.98. The second-order valence-electron chi connectivity index (χ2n) is 6.29. The van der Waals surface area contributed by atoms with Crippen LogP contribution in [0.15, 0.2) is 27.4 Å². The number of aryl methyl sites for hydroxylation is 1. The van der Waals surface area contributed by atoms with Crippen molar-refractivity contribution >= 4 is 28.4 Å². The number of fused-ring (bicyclic) bond motifs is 1. The van der Waals surface area contributed by atoms with E-state index < -0.39 is 17.2 Å². The molecule has 0 aliphatic carbocycles. The summed E-state index contributed by atoms with van der Waals surface area (Å²) < 4.78 is 11.6. The van der Waals surface area contributed by atoms with Crippen molar-refractivity contribution < 1.29 is 19.1 Å².